The van der Waals surface area contributed by atoms with E-state index >= 15 is 0 Å². The van der Waals surface area contributed by atoms with Crippen LogP contribution in [0.25, 0.3) is 10.2 Å². The molecular weight excluding hydrogens is 336 g/mol. The maximum atomic E-state index is 12.5. The van der Waals surface area contributed by atoms with E-state index in [4.69, 9.17) is 0 Å². The fraction of sp³-hybridized carbons (Fsp3) is 0.278. The summed E-state index contributed by atoms with van der Waals surface area (Å²) in [6.45, 7) is 2.23. The van der Waals surface area contributed by atoms with Gasteiger partial charge in [0.15, 0.2) is 0 Å². The Morgan fingerprint density at radius 3 is 2.60 bits per heavy atom. The van der Waals surface area contributed by atoms with Gasteiger partial charge in [0.1, 0.15) is 4.83 Å². The molecule has 0 spiro atoms. The van der Waals surface area contributed by atoms with E-state index in [9.17, 15) is 9.59 Å². The number of benzene rings is 1. The summed E-state index contributed by atoms with van der Waals surface area (Å²) in [5.41, 5.74) is 2.69. The van der Waals surface area contributed by atoms with Crippen molar-refractivity contribution in [1.29, 1.82) is 0 Å². The van der Waals surface area contributed by atoms with Crippen LogP contribution in [0.1, 0.15) is 20.8 Å². The van der Waals surface area contributed by atoms with E-state index < -0.39 is 0 Å². The first-order valence-corrected chi connectivity index (χ1v) is 8.69. The molecule has 0 atom stereocenters. The van der Waals surface area contributed by atoms with Gasteiger partial charge < -0.3 is 14.8 Å². The minimum absolute atomic E-state index is 0.128. The van der Waals surface area contributed by atoms with Crippen molar-refractivity contribution in [3.63, 3.8) is 0 Å². The summed E-state index contributed by atoms with van der Waals surface area (Å²) in [5, 5.41) is 3.44. The van der Waals surface area contributed by atoms with Crippen molar-refractivity contribution in [1.82, 2.24) is 14.9 Å². The number of hydrogen-bond donors (Lipinski definition) is 1. The van der Waals surface area contributed by atoms with Crippen molar-refractivity contribution in [2.75, 3.05) is 19.0 Å². The summed E-state index contributed by atoms with van der Waals surface area (Å²) >= 11 is 1.25. The van der Waals surface area contributed by atoms with Gasteiger partial charge in [-0.1, -0.05) is 12.1 Å². The Kier molecular flexibility index (Phi) is 4.59. The van der Waals surface area contributed by atoms with Crippen LogP contribution < -0.4 is 15.8 Å². The smallest absolute Gasteiger partial charge is 0.262 e. The number of aromatic nitrogens is 2. The number of nitrogens with zero attached hydrogens (tertiary/aromatic N) is 3. The summed E-state index contributed by atoms with van der Waals surface area (Å²) < 4.78 is 1.43. The average molecular weight is 356 g/mol. The number of anilines is 1. The van der Waals surface area contributed by atoms with Crippen LogP contribution in [0.5, 0.6) is 0 Å². The van der Waals surface area contributed by atoms with Crippen LogP contribution in [0.3, 0.4) is 0 Å². The SMILES string of the molecule is Cc1c(C(=O)NCc2ccc(N(C)C)cc2)sc2ncn(C)c(=O)c12. The van der Waals surface area contributed by atoms with E-state index in [1.807, 2.05) is 43.3 Å². The van der Waals surface area contributed by atoms with Crippen LogP contribution >= 0.6 is 11.3 Å². The van der Waals surface area contributed by atoms with Crippen molar-refractivity contribution >= 4 is 33.1 Å². The number of rotatable bonds is 4. The lowest BCUT2D eigenvalue weighted by molar-refractivity contribution is 0.0954. The highest BCUT2D eigenvalue weighted by Gasteiger charge is 2.18. The molecule has 3 aromatic rings. The highest BCUT2D eigenvalue weighted by molar-refractivity contribution is 7.20. The molecule has 0 aliphatic carbocycles. The highest BCUT2D eigenvalue weighted by Crippen LogP contribution is 2.26. The van der Waals surface area contributed by atoms with Crippen LogP contribution in [0.15, 0.2) is 35.4 Å². The predicted molar refractivity (Wildman–Crippen MR) is 102 cm³/mol. The van der Waals surface area contributed by atoms with Gasteiger partial charge in [-0.3, -0.25) is 9.59 Å². The van der Waals surface area contributed by atoms with Crippen LogP contribution in [0.2, 0.25) is 0 Å². The van der Waals surface area contributed by atoms with Crippen molar-refractivity contribution < 1.29 is 4.79 Å². The molecule has 6 nitrogen and oxygen atoms in total. The molecule has 3 rings (SSSR count). The van der Waals surface area contributed by atoms with Crippen molar-refractivity contribution in [3.8, 4) is 0 Å². The van der Waals surface area contributed by atoms with E-state index in [-0.39, 0.29) is 11.5 Å². The molecule has 0 aliphatic rings. The number of hydrogen-bond acceptors (Lipinski definition) is 5. The summed E-state index contributed by atoms with van der Waals surface area (Å²) in [4.78, 5) is 32.2. The van der Waals surface area contributed by atoms with Gasteiger partial charge in [0.05, 0.1) is 16.6 Å². The van der Waals surface area contributed by atoms with E-state index in [0.717, 1.165) is 11.3 Å². The summed E-state index contributed by atoms with van der Waals surface area (Å²) in [7, 11) is 5.63. The first-order valence-electron chi connectivity index (χ1n) is 7.87. The molecule has 0 aliphatic heterocycles. The third-order valence-corrected chi connectivity index (χ3v) is 5.32. The second kappa shape index (κ2) is 6.68. The number of thiophene rings is 1. The van der Waals surface area contributed by atoms with Gasteiger partial charge in [-0.15, -0.1) is 11.3 Å². The lowest BCUT2D eigenvalue weighted by atomic mass is 10.2. The van der Waals surface area contributed by atoms with Gasteiger partial charge in [-0.25, -0.2) is 4.98 Å². The molecule has 0 unspecified atom stereocenters. The number of nitrogens with one attached hydrogen (secondary N) is 1. The largest absolute Gasteiger partial charge is 0.378 e. The van der Waals surface area contributed by atoms with E-state index in [1.165, 1.54) is 22.2 Å². The van der Waals surface area contributed by atoms with E-state index in [1.54, 1.807) is 14.0 Å². The minimum Gasteiger partial charge on any atom is -0.378 e. The monoisotopic (exact) mass is 356 g/mol. The molecule has 25 heavy (non-hydrogen) atoms. The Hall–Kier alpha value is -2.67. The van der Waals surface area contributed by atoms with Gasteiger partial charge in [0.25, 0.3) is 11.5 Å². The molecule has 0 saturated carbocycles. The van der Waals surface area contributed by atoms with Crippen LogP contribution in [0.4, 0.5) is 5.69 Å². The van der Waals surface area contributed by atoms with Gasteiger partial charge in [0, 0.05) is 33.4 Å². The molecule has 1 amide bonds. The molecule has 130 valence electrons. The van der Waals surface area contributed by atoms with Crippen molar-refractivity contribution in [2.45, 2.75) is 13.5 Å². The van der Waals surface area contributed by atoms with Crippen molar-refractivity contribution in [2.24, 2.45) is 7.05 Å². The summed E-state index contributed by atoms with van der Waals surface area (Å²) in [6.07, 6.45) is 1.48. The summed E-state index contributed by atoms with van der Waals surface area (Å²) in [5.74, 6) is -0.181. The standard InChI is InChI=1S/C18H20N4O2S/c1-11-14-17(20-10-22(4)18(14)24)25-15(11)16(23)19-9-12-5-7-13(8-6-12)21(2)3/h5-8,10H,9H2,1-4H3,(H,19,23). The zero-order valence-electron chi connectivity index (χ0n) is 14.7. The lowest BCUT2D eigenvalue weighted by Crippen LogP contribution is -2.23. The average Bonchev–Trinajstić information content (AvgIpc) is 2.94. The first-order chi connectivity index (χ1) is 11.9. The quantitative estimate of drug-likeness (QED) is 0.779. The topological polar surface area (TPSA) is 67.2 Å². The van der Waals surface area contributed by atoms with Crippen LogP contribution in [-0.2, 0) is 13.6 Å². The van der Waals surface area contributed by atoms with Gasteiger partial charge >= 0.3 is 0 Å². The number of carbonyl (C=O) groups excluding carboxylic acids is 1. The zero-order chi connectivity index (χ0) is 18.1. The predicted octanol–water partition coefficient (Wildman–Crippen LogP) is 2.30. The molecule has 0 fully saturated rings. The zero-order valence-corrected chi connectivity index (χ0v) is 15.5. The maximum absolute atomic E-state index is 12.5. The molecule has 2 heterocycles. The van der Waals surface area contributed by atoms with Gasteiger partial charge in [-0.05, 0) is 30.2 Å². The molecule has 0 radical (unpaired) electrons. The van der Waals surface area contributed by atoms with E-state index in [0.29, 0.717) is 27.2 Å². The van der Waals surface area contributed by atoms with Gasteiger partial charge in [-0.2, -0.15) is 0 Å². The first kappa shape index (κ1) is 17.2. The molecular formula is C18H20N4O2S. The van der Waals surface area contributed by atoms with E-state index in [2.05, 4.69) is 10.3 Å². The maximum Gasteiger partial charge on any atom is 0.262 e. The lowest BCUT2D eigenvalue weighted by Gasteiger charge is -2.12. The number of aryl methyl sites for hydroxylation is 2. The minimum atomic E-state index is -0.181. The summed E-state index contributed by atoms with van der Waals surface area (Å²) in [6, 6.07) is 8.01. The Balaban J connectivity index is 1.80. The Morgan fingerprint density at radius 2 is 1.96 bits per heavy atom. The molecule has 2 aromatic heterocycles. The van der Waals surface area contributed by atoms with Crippen LogP contribution in [0, 0.1) is 6.92 Å². The second-order valence-corrected chi connectivity index (χ2v) is 7.14. The molecule has 1 N–H and O–H groups in total. The normalized spacial score (nSPS) is 10.9. The Labute approximate surface area is 149 Å². The number of amides is 1. The number of fused-ring (bicyclic) bond motifs is 1. The molecule has 0 bridgehead atoms. The van der Waals surface area contributed by atoms with Crippen molar-refractivity contribution in [3.05, 3.63) is 57.0 Å². The third kappa shape index (κ3) is 3.28. The molecule has 7 heteroatoms. The van der Waals surface area contributed by atoms with Crippen LogP contribution in [-0.4, -0.2) is 29.6 Å². The molecule has 1 aromatic carbocycles. The number of carbonyl (C=O) groups is 1. The van der Waals surface area contributed by atoms with Gasteiger partial charge in [0.2, 0.25) is 0 Å². The Morgan fingerprint density at radius 1 is 1.28 bits per heavy atom. The highest BCUT2D eigenvalue weighted by atomic mass is 32.1. The second-order valence-electron chi connectivity index (χ2n) is 6.14. The fourth-order valence-corrected chi connectivity index (χ4v) is 3.66. The molecule has 0 saturated heterocycles. The Bertz CT molecular complexity index is 987. The fourth-order valence-electron chi connectivity index (χ4n) is 2.60. The third-order valence-electron chi connectivity index (χ3n) is 4.12.